The number of rotatable bonds is 6. The number of carbonyl (C=O) groups excluding carboxylic acids is 2. The van der Waals surface area contributed by atoms with Gasteiger partial charge in [-0.05, 0) is 25.0 Å². The van der Waals surface area contributed by atoms with Gasteiger partial charge in [0, 0.05) is 17.9 Å². The van der Waals surface area contributed by atoms with Crippen molar-refractivity contribution in [3.8, 4) is 5.69 Å². The smallest absolute Gasteiger partial charge is 0.244 e. The molecule has 2 rings (SSSR count). The first-order valence-electron chi connectivity index (χ1n) is 8.95. The van der Waals surface area contributed by atoms with Crippen LogP contribution in [0.2, 0.25) is 0 Å². The molecule has 140 valence electrons. The number of amides is 2. The molecule has 2 aromatic rings. The third kappa shape index (κ3) is 4.94. The SMILES string of the molecule is CCCC(=O)NCC(=O)Nc1cc(C(C)(C)C)nn1-c1ccccc1C. The van der Waals surface area contributed by atoms with Crippen LogP contribution in [0.4, 0.5) is 5.82 Å². The van der Waals surface area contributed by atoms with Crippen molar-refractivity contribution in [3.63, 3.8) is 0 Å². The van der Waals surface area contributed by atoms with Crippen LogP contribution in [0, 0.1) is 6.92 Å². The van der Waals surface area contributed by atoms with Crippen LogP contribution in [-0.2, 0) is 15.0 Å². The van der Waals surface area contributed by atoms with Crippen LogP contribution in [0.3, 0.4) is 0 Å². The molecule has 2 amide bonds. The second kappa shape index (κ2) is 8.17. The fourth-order valence-electron chi connectivity index (χ4n) is 2.50. The number of nitrogens with one attached hydrogen (secondary N) is 2. The zero-order chi connectivity index (χ0) is 19.3. The summed E-state index contributed by atoms with van der Waals surface area (Å²) in [5, 5.41) is 10.2. The molecular weight excluding hydrogens is 328 g/mol. The molecule has 0 aliphatic heterocycles. The van der Waals surface area contributed by atoms with Crippen molar-refractivity contribution in [1.82, 2.24) is 15.1 Å². The van der Waals surface area contributed by atoms with Crippen LogP contribution in [0.1, 0.15) is 51.8 Å². The Kier molecular flexibility index (Phi) is 6.18. The second-order valence-electron chi connectivity index (χ2n) is 7.44. The minimum atomic E-state index is -0.273. The van der Waals surface area contributed by atoms with Crippen LogP contribution in [0.15, 0.2) is 30.3 Å². The van der Waals surface area contributed by atoms with Gasteiger partial charge in [0.15, 0.2) is 0 Å². The predicted octanol–water partition coefficient (Wildman–Crippen LogP) is 3.33. The molecule has 0 saturated carbocycles. The molecule has 0 bridgehead atoms. The first kappa shape index (κ1) is 19.7. The van der Waals surface area contributed by atoms with Crippen molar-refractivity contribution in [2.24, 2.45) is 0 Å². The van der Waals surface area contributed by atoms with Crippen molar-refractivity contribution in [2.45, 2.75) is 52.9 Å². The summed E-state index contributed by atoms with van der Waals surface area (Å²) in [5.41, 5.74) is 2.70. The fourth-order valence-corrected chi connectivity index (χ4v) is 2.50. The number of hydrogen-bond donors (Lipinski definition) is 2. The highest BCUT2D eigenvalue weighted by molar-refractivity contribution is 5.94. The van der Waals surface area contributed by atoms with E-state index in [4.69, 9.17) is 5.10 Å². The van der Waals surface area contributed by atoms with Crippen molar-refractivity contribution >= 4 is 17.6 Å². The van der Waals surface area contributed by atoms with Crippen molar-refractivity contribution in [2.75, 3.05) is 11.9 Å². The molecule has 0 atom stereocenters. The van der Waals surface area contributed by atoms with Gasteiger partial charge in [-0.3, -0.25) is 9.59 Å². The van der Waals surface area contributed by atoms with E-state index in [0.717, 1.165) is 23.4 Å². The fraction of sp³-hybridized carbons (Fsp3) is 0.450. The highest BCUT2D eigenvalue weighted by Gasteiger charge is 2.22. The highest BCUT2D eigenvalue weighted by Crippen LogP contribution is 2.27. The molecule has 0 aliphatic carbocycles. The Morgan fingerprint density at radius 2 is 1.85 bits per heavy atom. The molecule has 0 unspecified atom stereocenters. The molecule has 1 heterocycles. The average molecular weight is 356 g/mol. The van der Waals surface area contributed by atoms with Gasteiger partial charge in [0.2, 0.25) is 11.8 Å². The lowest BCUT2D eigenvalue weighted by Crippen LogP contribution is -2.33. The molecule has 1 aromatic carbocycles. The summed E-state index contributed by atoms with van der Waals surface area (Å²) in [4.78, 5) is 23.8. The van der Waals surface area contributed by atoms with Gasteiger partial charge in [-0.25, -0.2) is 4.68 Å². The highest BCUT2D eigenvalue weighted by atomic mass is 16.2. The molecule has 1 aromatic heterocycles. The number of benzene rings is 1. The average Bonchev–Trinajstić information content (AvgIpc) is 2.97. The van der Waals surface area contributed by atoms with Crippen molar-refractivity contribution in [3.05, 3.63) is 41.6 Å². The van der Waals surface area contributed by atoms with E-state index in [9.17, 15) is 9.59 Å². The molecule has 0 spiro atoms. The summed E-state index contributed by atoms with van der Waals surface area (Å²) >= 11 is 0. The Balaban J connectivity index is 2.26. The molecule has 2 N–H and O–H groups in total. The number of nitrogens with zero attached hydrogens (tertiary/aromatic N) is 2. The molecule has 0 radical (unpaired) electrons. The maximum absolute atomic E-state index is 12.3. The van der Waals surface area contributed by atoms with Crippen LogP contribution < -0.4 is 10.6 Å². The molecule has 6 heteroatoms. The lowest BCUT2D eigenvalue weighted by molar-refractivity contribution is -0.124. The molecule has 0 fully saturated rings. The van der Waals surface area contributed by atoms with E-state index < -0.39 is 0 Å². The number of carbonyl (C=O) groups is 2. The Bertz CT molecular complexity index is 787. The van der Waals surface area contributed by atoms with Gasteiger partial charge in [0.25, 0.3) is 0 Å². The number of para-hydroxylation sites is 1. The predicted molar refractivity (Wildman–Crippen MR) is 104 cm³/mol. The molecular formula is C20H28N4O2. The van der Waals surface area contributed by atoms with E-state index in [2.05, 4.69) is 31.4 Å². The van der Waals surface area contributed by atoms with Gasteiger partial charge < -0.3 is 10.6 Å². The van der Waals surface area contributed by atoms with E-state index in [1.54, 1.807) is 4.68 Å². The Morgan fingerprint density at radius 3 is 2.46 bits per heavy atom. The Morgan fingerprint density at radius 1 is 1.15 bits per heavy atom. The topological polar surface area (TPSA) is 76.0 Å². The number of anilines is 1. The third-order valence-electron chi connectivity index (χ3n) is 4.01. The number of aromatic nitrogens is 2. The van der Waals surface area contributed by atoms with E-state index in [1.165, 1.54) is 0 Å². The maximum atomic E-state index is 12.3. The lowest BCUT2D eigenvalue weighted by atomic mass is 9.92. The summed E-state index contributed by atoms with van der Waals surface area (Å²) in [6.07, 6.45) is 1.17. The minimum absolute atomic E-state index is 0.0529. The van der Waals surface area contributed by atoms with Crippen LogP contribution in [-0.4, -0.2) is 28.1 Å². The van der Waals surface area contributed by atoms with E-state index in [0.29, 0.717) is 12.2 Å². The molecule has 26 heavy (non-hydrogen) atoms. The lowest BCUT2D eigenvalue weighted by Gasteiger charge is -2.14. The van der Waals surface area contributed by atoms with Crippen LogP contribution in [0.5, 0.6) is 0 Å². The third-order valence-corrected chi connectivity index (χ3v) is 4.01. The molecule has 0 aliphatic rings. The Hall–Kier alpha value is -2.63. The van der Waals surface area contributed by atoms with E-state index in [1.807, 2.05) is 44.2 Å². The first-order valence-corrected chi connectivity index (χ1v) is 8.95. The second-order valence-corrected chi connectivity index (χ2v) is 7.44. The van der Waals surface area contributed by atoms with Gasteiger partial charge in [0.1, 0.15) is 5.82 Å². The maximum Gasteiger partial charge on any atom is 0.244 e. The first-order chi connectivity index (χ1) is 12.2. The van der Waals surface area contributed by atoms with E-state index in [-0.39, 0.29) is 23.8 Å². The zero-order valence-corrected chi connectivity index (χ0v) is 16.2. The summed E-state index contributed by atoms with van der Waals surface area (Å²) in [6.45, 7) is 10.1. The van der Waals surface area contributed by atoms with Gasteiger partial charge >= 0.3 is 0 Å². The van der Waals surface area contributed by atoms with Crippen LogP contribution >= 0.6 is 0 Å². The van der Waals surface area contributed by atoms with Gasteiger partial charge in [-0.15, -0.1) is 0 Å². The molecule has 6 nitrogen and oxygen atoms in total. The monoisotopic (exact) mass is 356 g/mol. The minimum Gasteiger partial charge on any atom is -0.347 e. The van der Waals surface area contributed by atoms with Gasteiger partial charge in [0.05, 0.1) is 17.9 Å². The quantitative estimate of drug-likeness (QED) is 0.833. The standard InChI is InChI=1S/C20H28N4O2/c1-6-9-18(25)21-13-19(26)22-17-12-16(20(3,4)5)23-24(17)15-11-8-7-10-14(15)2/h7-8,10-12H,6,9,13H2,1-5H3,(H,21,25)(H,22,26). The number of hydrogen-bond acceptors (Lipinski definition) is 3. The number of aryl methyl sites for hydroxylation is 1. The van der Waals surface area contributed by atoms with Crippen molar-refractivity contribution in [1.29, 1.82) is 0 Å². The normalized spacial score (nSPS) is 11.3. The van der Waals surface area contributed by atoms with Gasteiger partial charge in [-0.1, -0.05) is 45.9 Å². The summed E-state index contributed by atoms with van der Waals surface area (Å²) in [5.74, 6) is 0.203. The largest absolute Gasteiger partial charge is 0.347 e. The van der Waals surface area contributed by atoms with Crippen LogP contribution in [0.25, 0.3) is 5.69 Å². The summed E-state index contributed by atoms with van der Waals surface area (Å²) in [7, 11) is 0. The van der Waals surface area contributed by atoms with E-state index >= 15 is 0 Å². The summed E-state index contributed by atoms with van der Waals surface area (Å²) < 4.78 is 1.75. The Labute approximate surface area is 155 Å². The zero-order valence-electron chi connectivity index (χ0n) is 16.2. The summed E-state index contributed by atoms with van der Waals surface area (Å²) in [6, 6.07) is 9.77. The molecule has 0 saturated heterocycles. The van der Waals surface area contributed by atoms with Gasteiger partial charge in [-0.2, -0.15) is 5.10 Å². The van der Waals surface area contributed by atoms with Crippen molar-refractivity contribution < 1.29 is 9.59 Å².